The fraction of sp³-hybridized carbons (Fsp3) is 0.222. The molecule has 1 N–H and O–H groups in total. The molecule has 2 aliphatic rings. The highest BCUT2D eigenvalue weighted by atomic mass is 32.2. The number of aryl methyl sites for hydroxylation is 1. The second-order valence-electron chi connectivity index (χ2n) is 9.69. The number of nitro benzene ring substituents is 1. The number of benzene rings is 2. The minimum atomic E-state index is -4.38. The van der Waals surface area contributed by atoms with Gasteiger partial charge in [0.05, 0.1) is 39.3 Å². The summed E-state index contributed by atoms with van der Waals surface area (Å²) >= 11 is 0. The average molecular weight is 564 g/mol. The van der Waals surface area contributed by atoms with E-state index in [0.29, 0.717) is 17.0 Å². The SMILES string of the molecule is CC[C@@]1(O)C(=O)OCc2c1cc1n(c2=O)Cc2cc3c([N+](=O)[O-])c(OS(=O)(=O)c4ccc(C)cc4)ccc3nc2-1. The Hall–Kier alpha value is -4.62. The van der Waals surface area contributed by atoms with Crippen molar-refractivity contribution >= 4 is 32.7 Å². The van der Waals surface area contributed by atoms with Crippen molar-refractivity contribution in [3.05, 3.63) is 91.3 Å². The van der Waals surface area contributed by atoms with Crippen molar-refractivity contribution in [1.29, 1.82) is 0 Å². The van der Waals surface area contributed by atoms with Gasteiger partial charge in [0.2, 0.25) is 5.75 Å². The van der Waals surface area contributed by atoms with Crippen LogP contribution in [0.25, 0.3) is 22.3 Å². The Labute approximate surface area is 226 Å². The highest BCUT2D eigenvalue weighted by molar-refractivity contribution is 7.87. The fourth-order valence-corrected chi connectivity index (χ4v) is 6.08. The van der Waals surface area contributed by atoms with Crippen molar-refractivity contribution in [2.24, 2.45) is 0 Å². The van der Waals surface area contributed by atoms with Gasteiger partial charge in [0.15, 0.2) is 5.60 Å². The highest BCUT2D eigenvalue weighted by Crippen LogP contribution is 2.42. The molecule has 0 amide bonds. The summed E-state index contributed by atoms with van der Waals surface area (Å²) in [5, 5.41) is 23.2. The zero-order valence-electron chi connectivity index (χ0n) is 21.2. The van der Waals surface area contributed by atoms with Gasteiger partial charge in [-0.2, -0.15) is 8.42 Å². The van der Waals surface area contributed by atoms with Crippen molar-refractivity contribution in [1.82, 2.24) is 9.55 Å². The van der Waals surface area contributed by atoms with Crippen LogP contribution in [0.5, 0.6) is 5.75 Å². The number of fused-ring (bicyclic) bond motifs is 5. The number of cyclic esters (lactones) is 1. The van der Waals surface area contributed by atoms with Crippen molar-refractivity contribution in [3.8, 4) is 17.1 Å². The Morgan fingerprint density at radius 1 is 1.18 bits per heavy atom. The van der Waals surface area contributed by atoms with Crippen LogP contribution in [-0.4, -0.2) is 34.0 Å². The van der Waals surface area contributed by atoms with Crippen LogP contribution in [0.2, 0.25) is 0 Å². The maximum absolute atomic E-state index is 13.4. The standard InChI is InChI=1S/C27H21N3O9S/c1-3-27(33)19-11-21-23-15(12-29(21)25(31)18(19)13-38-26(27)32)10-17-20(28-23)8-9-22(24(17)30(34)35)39-40(36,37)16-6-4-14(2)5-7-16/h4-11,33H,3,12-13H2,1-2H3/t27-/m0/s1. The molecule has 2 aromatic heterocycles. The molecule has 6 rings (SSSR count). The number of hydrogen-bond donors (Lipinski definition) is 1. The van der Waals surface area contributed by atoms with E-state index in [-0.39, 0.29) is 46.5 Å². The van der Waals surface area contributed by atoms with Gasteiger partial charge in [-0.1, -0.05) is 24.6 Å². The van der Waals surface area contributed by atoms with Gasteiger partial charge in [0, 0.05) is 11.1 Å². The molecule has 0 bridgehead atoms. The lowest BCUT2D eigenvalue weighted by Gasteiger charge is -2.31. The van der Waals surface area contributed by atoms with E-state index >= 15 is 0 Å². The molecule has 2 aromatic carbocycles. The van der Waals surface area contributed by atoms with Crippen LogP contribution in [0, 0.1) is 17.0 Å². The molecular weight excluding hydrogens is 542 g/mol. The first-order valence-electron chi connectivity index (χ1n) is 12.2. The number of ether oxygens (including phenoxy) is 1. The average Bonchev–Trinajstić information content (AvgIpc) is 3.27. The number of esters is 1. The molecule has 0 unspecified atom stereocenters. The van der Waals surface area contributed by atoms with Gasteiger partial charge in [-0.25, -0.2) is 9.78 Å². The third kappa shape index (κ3) is 3.69. The molecule has 0 fully saturated rings. The molecule has 13 heteroatoms. The Balaban J connectivity index is 1.50. The van der Waals surface area contributed by atoms with Gasteiger partial charge >= 0.3 is 21.8 Å². The summed E-state index contributed by atoms with van der Waals surface area (Å²) in [6.45, 7) is 3.11. The van der Waals surface area contributed by atoms with Gasteiger partial charge in [-0.05, 0) is 49.7 Å². The molecular formula is C27H21N3O9S. The number of carbonyl (C=O) groups excluding carboxylic acids is 1. The lowest BCUT2D eigenvalue weighted by molar-refractivity contribution is -0.383. The number of nitrogens with zero attached hydrogens (tertiary/aromatic N) is 3. The second kappa shape index (κ2) is 8.69. The highest BCUT2D eigenvalue weighted by Gasteiger charge is 2.45. The number of aliphatic hydroxyl groups is 1. The molecule has 0 saturated heterocycles. The summed E-state index contributed by atoms with van der Waals surface area (Å²) < 4.78 is 37.4. The third-order valence-electron chi connectivity index (χ3n) is 7.32. The zero-order chi connectivity index (χ0) is 28.6. The van der Waals surface area contributed by atoms with E-state index in [1.165, 1.54) is 34.9 Å². The van der Waals surface area contributed by atoms with E-state index in [1.807, 2.05) is 0 Å². The van der Waals surface area contributed by atoms with Crippen molar-refractivity contribution < 1.29 is 32.2 Å². The van der Waals surface area contributed by atoms with Crippen LogP contribution in [0.1, 0.15) is 35.6 Å². The van der Waals surface area contributed by atoms with Gasteiger partial charge in [0.25, 0.3) is 5.56 Å². The number of nitro groups is 1. The quantitative estimate of drug-likeness (QED) is 0.145. The number of hydrogen-bond acceptors (Lipinski definition) is 10. The maximum Gasteiger partial charge on any atom is 0.343 e. The van der Waals surface area contributed by atoms with Crippen LogP contribution >= 0.6 is 0 Å². The Morgan fingerprint density at radius 2 is 1.90 bits per heavy atom. The predicted molar refractivity (Wildman–Crippen MR) is 140 cm³/mol. The van der Waals surface area contributed by atoms with Crippen molar-refractivity contribution in [3.63, 3.8) is 0 Å². The van der Waals surface area contributed by atoms with Crippen LogP contribution in [0.3, 0.4) is 0 Å². The summed E-state index contributed by atoms with van der Waals surface area (Å²) in [5.74, 6) is -1.33. The monoisotopic (exact) mass is 563 g/mol. The van der Waals surface area contributed by atoms with Crippen LogP contribution in [-0.2, 0) is 38.4 Å². The minimum absolute atomic E-state index is 0.0137. The molecule has 4 aromatic rings. The lowest BCUT2D eigenvalue weighted by atomic mass is 9.86. The first-order valence-corrected chi connectivity index (χ1v) is 13.6. The van der Waals surface area contributed by atoms with E-state index in [1.54, 1.807) is 26.0 Å². The lowest BCUT2D eigenvalue weighted by Crippen LogP contribution is -2.44. The Kier molecular flexibility index (Phi) is 5.57. The largest absolute Gasteiger partial charge is 0.458 e. The summed E-state index contributed by atoms with van der Waals surface area (Å²) in [5.41, 5.74) is -0.628. The van der Waals surface area contributed by atoms with Gasteiger partial charge in [-0.3, -0.25) is 14.9 Å². The molecule has 204 valence electrons. The third-order valence-corrected chi connectivity index (χ3v) is 8.57. The predicted octanol–water partition coefficient (Wildman–Crippen LogP) is 3.06. The number of pyridine rings is 2. The molecule has 0 saturated carbocycles. The number of aromatic nitrogens is 2. The molecule has 0 radical (unpaired) electrons. The molecule has 12 nitrogen and oxygen atoms in total. The fourth-order valence-electron chi connectivity index (χ4n) is 5.14. The summed E-state index contributed by atoms with van der Waals surface area (Å²) in [6.07, 6.45) is -0.0137. The molecule has 4 heterocycles. The summed E-state index contributed by atoms with van der Waals surface area (Å²) in [4.78, 5) is 41.5. The smallest absolute Gasteiger partial charge is 0.343 e. The minimum Gasteiger partial charge on any atom is -0.458 e. The van der Waals surface area contributed by atoms with E-state index in [9.17, 15) is 33.2 Å². The number of rotatable bonds is 5. The summed E-state index contributed by atoms with van der Waals surface area (Å²) in [7, 11) is -4.38. The van der Waals surface area contributed by atoms with Crippen LogP contribution in [0.15, 0.2) is 58.2 Å². The topological polar surface area (TPSA) is 168 Å². The second-order valence-corrected chi connectivity index (χ2v) is 11.2. The normalized spacial score (nSPS) is 17.6. The first-order chi connectivity index (χ1) is 18.9. The van der Waals surface area contributed by atoms with E-state index in [0.717, 1.165) is 11.6 Å². The zero-order valence-corrected chi connectivity index (χ0v) is 22.0. The molecule has 0 aliphatic carbocycles. The van der Waals surface area contributed by atoms with Crippen molar-refractivity contribution in [2.45, 2.75) is 43.9 Å². The summed E-state index contributed by atoms with van der Waals surface area (Å²) in [6, 6.07) is 11.4. The Morgan fingerprint density at radius 3 is 2.58 bits per heavy atom. The molecule has 0 spiro atoms. The van der Waals surface area contributed by atoms with Gasteiger partial charge < -0.3 is 18.6 Å². The Bertz CT molecular complexity index is 1950. The maximum atomic E-state index is 13.4. The van der Waals surface area contributed by atoms with Crippen molar-refractivity contribution in [2.75, 3.05) is 0 Å². The molecule has 2 aliphatic heterocycles. The van der Waals surface area contributed by atoms with E-state index < -0.39 is 43.6 Å². The van der Waals surface area contributed by atoms with Gasteiger partial charge in [0.1, 0.15) is 11.5 Å². The molecule has 1 atom stereocenters. The molecule has 40 heavy (non-hydrogen) atoms. The van der Waals surface area contributed by atoms with E-state index in [2.05, 4.69) is 4.98 Å². The first kappa shape index (κ1) is 25.6. The number of carbonyl (C=O) groups is 1. The van der Waals surface area contributed by atoms with Crippen LogP contribution in [0.4, 0.5) is 5.69 Å². The van der Waals surface area contributed by atoms with E-state index in [4.69, 9.17) is 8.92 Å². The van der Waals surface area contributed by atoms with Crippen LogP contribution < -0.4 is 9.74 Å². The van der Waals surface area contributed by atoms with Gasteiger partial charge in [-0.15, -0.1) is 0 Å².